The van der Waals surface area contributed by atoms with Gasteiger partial charge in [0.1, 0.15) is 6.10 Å². The molecule has 2 N–H and O–H groups in total. The smallest absolute Gasteiger partial charge is 0.181 e. The van der Waals surface area contributed by atoms with Crippen molar-refractivity contribution in [3.63, 3.8) is 0 Å². The zero-order chi connectivity index (χ0) is 15.2. The molecule has 0 spiro atoms. The summed E-state index contributed by atoms with van der Waals surface area (Å²) in [5.74, 6) is -0.407. The lowest BCUT2D eigenvalue weighted by molar-refractivity contribution is -0.246. The van der Waals surface area contributed by atoms with Crippen molar-refractivity contribution in [2.75, 3.05) is 6.61 Å². The van der Waals surface area contributed by atoms with E-state index < -0.39 is 30.5 Å². The van der Waals surface area contributed by atoms with Crippen LogP contribution in [0.3, 0.4) is 0 Å². The zero-order valence-corrected chi connectivity index (χ0v) is 11.7. The molecule has 1 saturated heterocycles. The Morgan fingerprint density at radius 2 is 2.05 bits per heavy atom. The predicted octanol–water partition coefficient (Wildman–Crippen LogP) is 1.60. The molecule has 21 heavy (non-hydrogen) atoms. The summed E-state index contributed by atoms with van der Waals surface area (Å²) in [5, 5.41) is 23.1. The molecule has 1 heterocycles. The number of benzene rings is 1. The van der Waals surface area contributed by atoms with Crippen LogP contribution >= 0.6 is 0 Å². The molecule has 0 aromatic heterocycles. The van der Waals surface area contributed by atoms with Gasteiger partial charge in [-0.25, -0.2) is 0 Å². The number of nitrogens with zero attached hydrogens (tertiary/aromatic N) is 3. The lowest BCUT2D eigenvalue weighted by atomic mass is 9.89. The summed E-state index contributed by atoms with van der Waals surface area (Å²) >= 11 is 0. The molecule has 0 amide bonds. The zero-order valence-electron chi connectivity index (χ0n) is 11.7. The van der Waals surface area contributed by atoms with Crippen molar-refractivity contribution in [2.24, 2.45) is 11.0 Å². The molecule has 1 aliphatic rings. The monoisotopic (exact) mass is 293 g/mol. The van der Waals surface area contributed by atoms with Gasteiger partial charge in [0.15, 0.2) is 6.29 Å². The number of hydrogen-bond donors (Lipinski definition) is 2. The van der Waals surface area contributed by atoms with E-state index >= 15 is 0 Å². The molecule has 114 valence electrons. The Morgan fingerprint density at radius 1 is 1.33 bits per heavy atom. The maximum atomic E-state index is 9.77. The summed E-state index contributed by atoms with van der Waals surface area (Å²) in [5.41, 5.74) is 9.64. The predicted molar refractivity (Wildman–Crippen MR) is 75.1 cm³/mol. The van der Waals surface area contributed by atoms with Crippen molar-refractivity contribution < 1.29 is 19.7 Å². The van der Waals surface area contributed by atoms with Crippen LogP contribution in [0.2, 0.25) is 0 Å². The van der Waals surface area contributed by atoms with Crippen LogP contribution in [0.15, 0.2) is 35.4 Å². The molecular weight excluding hydrogens is 274 g/mol. The van der Waals surface area contributed by atoms with Gasteiger partial charge < -0.3 is 19.7 Å². The normalized spacial score (nSPS) is 32.4. The van der Waals surface area contributed by atoms with Gasteiger partial charge >= 0.3 is 0 Å². The summed E-state index contributed by atoms with van der Waals surface area (Å²) in [4.78, 5) is 2.78. The van der Waals surface area contributed by atoms with Crippen LogP contribution in [0.25, 0.3) is 10.4 Å². The molecule has 1 aromatic rings. The minimum Gasteiger partial charge on any atom is -0.388 e. The number of aliphatic hydroxyl groups is 2. The first-order valence-corrected chi connectivity index (χ1v) is 6.81. The van der Waals surface area contributed by atoms with E-state index in [4.69, 9.17) is 15.0 Å². The van der Waals surface area contributed by atoms with E-state index in [1.54, 1.807) is 6.92 Å². The van der Waals surface area contributed by atoms with Gasteiger partial charge in [0.25, 0.3) is 0 Å². The maximum absolute atomic E-state index is 9.77. The highest BCUT2D eigenvalue weighted by atomic mass is 16.6. The van der Waals surface area contributed by atoms with Crippen molar-refractivity contribution in [3.05, 3.63) is 46.3 Å². The highest BCUT2D eigenvalue weighted by molar-refractivity contribution is 5.13. The lowest BCUT2D eigenvalue weighted by Crippen LogP contribution is -2.53. The topological polar surface area (TPSA) is 108 Å². The fourth-order valence-electron chi connectivity index (χ4n) is 2.38. The molecule has 1 aromatic carbocycles. The third kappa shape index (κ3) is 3.93. The van der Waals surface area contributed by atoms with Crippen LogP contribution in [0.5, 0.6) is 0 Å². The SMILES string of the molecule is C[C@@H]1C(O)C(O)OC(COCc2ccccc2)[C@@H]1N=[N+]=[N-]. The highest BCUT2D eigenvalue weighted by Gasteiger charge is 2.41. The number of azide groups is 1. The van der Waals surface area contributed by atoms with Gasteiger partial charge in [-0.15, -0.1) is 0 Å². The van der Waals surface area contributed by atoms with Gasteiger partial charge in [-0.3, -0.25) is 0 Å². The maximum Gasteiger partial charge on any atom is 0.181 e. The second-order valence-electron chi connectivity index (χ2n) is 5.11. The van der Waals surface area contributed by atoms with E-state index in [-0.39, 0.29) is 6.61 Å². The molecule has 0 bridgehead atoms. The van der Waals surface area contributed by atoms with Crippen molar-refractivity contribution in [3.8, 4) is 0 Å². The van der Waals surface area contributed by atoms with Crippen LogP contribution in [0, 0.1) is 5.92 Å². The first-order chi connectivity index (χ1) is 10.1. The van der Waals surface area contributed by atoms with Crippen molar-refractivity contribution in [1.82, 2.24) is 0 Å². The van der Waals surface area contributed by atoms with Gasteiger partial charge in [0, 0.05) is 4.91 Å². The Morgan fingerprint density at radius 3 is 2.71 bits per heavy atom. The van der Waals surface area contributed by atoms with Crippen molar-refractivity contribution in [2.45, 2.75) is 38.1 Å². The Hall–Kier alpha value is -1.63. The third-order valence-electron chi connectivity index (χ3n) is 3.64. The van der Waals surface area contributed by atoms with Crippen LogP contribution in [0.1, 0.15) is 12.5 Å². The molecule has 1 aliphatic heterocycles. The quantitative estimate of drug-likeness (QED) is 0.488. The van der Waals surface area contributed by atoms with Crippen molar-refractivity contribution >= 4 is 0 Å². The van der Waals surface area contributed by atoms with Crippen molar-refractivity contribution in [1.29, 1.82) is 0 Å². The average Bonchev–Trinajstić information content (AvgIpc) is 2.50. The number of aliphatic hydroxyl groups excluding tert-OH is 2. The molecular formula is C14H19N3O4. The highest BCUT2D eigenvalue weighted by Crippen LogP contribution is 2.27. The summed E-state index contributed by atoms with van der Waals surface area (Å²) in [6.07, 6.45) is -2.96. The van der Waals surface area contributed by atoms with Gasteiger partial charge in [-0.2, -0.15) is 0 Å². The van der Waals surface area contributed by atoms with E-state index in [0.29, 0.717) is 6.61 Å². The Labute approximate surface area is 122 Å². The summed E-state index contributed by atoms with van der Waals surface area (Å²) < 4.78 is 10.9. The average molecular weight is 293 g/mol. The Balaban J connectivity index is 1.94. The van der Waals surface area contributed by atoms with Gasteiger partial charge in [-0.05, 0) is 17.0 Å². The van der Waals surface area contributed by atoms with E-state index in [1.165, 1.54) is 0 Å². The Kier molecular flexibility index (Phi) is 5.55. The number of ether oxygens (including phenoxy) is 2. The molecule has 0 aliphatic carbocycles. The van der Waals surface area contributed by atoms with E-state index in [2.05, 4.69) is 10.0 Å². The molecule has 7 heteroatoms. The minimum atomic E-state index is -1.30. The number of rotatable bonds is 5. The summed E-state index contributed by atoms with van der Waals surface area (Å²) in [6, 6.07) is 9.05. The van der Waals surface area contributed by atoms with Crippen LogP contribution < -0.4 is 0 Å². The molecule has 0 saturated carbocycles. The summed E-state index contributed by atoms with van der Waals surface area (Å²) in [6.45, 7) is 2.28. The summed E-state index contributed by atoms with van der Waals surface area (Å²) in [7, 11) is 0. The fraction of sp³-hybridized carbons (Fsp3) is 0.571. The first kappa shape index (κ1) is 15.8. The molecule has 0 radical (unpaired) electrons. The molecule has 1 fully saturated rings. The first-order valence-electron chi connectivity index (χ1n) is 6.81. The third-order valence-corrected chi connectivity index (χ3v) is 3.64. The number of hydrogen-bond acceptors (Lipinski definition) is 5. The second-order valence-corrected chi connectivity index (χ2v) is 5.11. The van der Waals surface area contributed by atoms with Crippen LogP contribution in [-0.4, -0.2) is 41.4 Å². The Bertz CT molecular complexity index is 492. The molecule has 7 nitrogen and oxygen atoms in total. The van der Waals surface area contributed by atoms with Gasteiger partial charge in [0.2, 0.25) is 0 Å². The largest absolute Gasteiger partial charge is 0.388 e. The van der Waals surface area contributed by atoms with E-state index in [1.807, 2.05) is 30.3 Å². The standard InChI is InChI=1S/C14H19N3O4/c1-9-12(16-17-15)11(21-14(19)13(9)18)8-20-7-10-5-3-2-4-6-10/h2-6,9,11-14,18-19H,7-8H2,1H3/t9-,11?,12+,13?,14?/m0/s1. The van der Waals surface area contributed by atoms with E-state index in [9.17, 15) is 10.2 Å². The van der Waals surface area contributed by atoms with Crippen LogP contribution in [0.4, 0.5) is 0 Å². The van der Waals surface area contributed by atoms with E-state index in [0.717, 1.165) is 5.56 Å². The second kappa shape index (κ2) is 7.40. The minimum absolute atomic E-state index is 0.173. The molecule has 5 atom stereocenters. The fourth-order valence-corrected chi connectivity index (χ4v) is 2.38. The van der Waals surface area contributed by atoms with Gasteiger partial charge in [0.05, 0.1) is 25.4 Å². The van der Waals surface area contributed by atoms with Gasteiger partial charge in [-0.1, -0.05) is 42.4 Å². The lowest BCUT2D eigenvalue weighted by Gasteiger charge is -2.39. The molecule has 2 rings (SSSR count). The molecule has 3 unspecified atom stereocenters. The van der Waals surface area contributed by atoms with Crippen LogP contribution in [-0.2, 0) is 16.1 Å².